The van der Waals surface area contributed by atoms with Gasteiger partial charge in [-0.2, -0.15) is 0 Å². The number of rotatable bonds is 19. The van der Waals surface area contributed by atoms with Crippen LogP contribution in [0.4, 0.5) is 0 Å². The molecule has 0 spiro atoms. The number of unbranched alkanes of at least 4 members (excludes halogenated alkanes) is 10. The van der Waals surface area contributed by atoms with E-state index in [1.807, 2.05) is 0 Å². The standard InChI is InChI=1S/C25H45NO7/c1-6-7-8-9-10-11-12-13-14-15-16-17-24(32-21(4)29)25(33-22(5)30)23(26-19(2)27)18-31-20(3)28/h23-25H,6-18H2,1-5H3,(H,26,27)/t23-,24+,25+/m1/s1. The molecule has 0 saturated heterocycles. The van der Waals surface area contributed by atoms with Crippen molar-refractivity contribution in [1.29, 1.82) is 0 Å². The summed E-state index contributed by atoms with van der Waals surface area (Å²) in [4.78, 5) is 46.4. The van der Waals surface area contributed by atoms with Crippen LogP contribution < -0.4 is 5.32 Å². The number of nitrogens with one attached hydrogen (secondary N) is 1. The summed E-state index contributed by atoms with van der Waals surface area (Å²) in [5.41, 5.74) is 0. The zero-order valence-corrected chi connectivity index (χ0v) is 21.3. The number of hydrogen-bond acceptors (Lipinski definition) is 7. The fourth-order valence-corrected chi connectivity index (χ4v) is 3.81. The van der Waals surface area contributed by atoms with Gasteiger partial charge < -0.3 is 19.5 Å². The average Bonchev–Trinajstić information content (AvgIpc) is 2.71. The first kappa shape index (κ1) is 30.9. The van der Waals surface area contributed by atoms with E-state index in [1.165, 1.54) is 79.1 Å². The van der Waals surface area contributed by atoms with Crippen LogP contribution in [0.15, 0.2) is 0 Å². The van der Waals surface area contributed by atoms with E-state index < -0.39 is 36.2 Å². The maximum absolute atomic E-state index is 11.7. The van der Waals surface area contributed by atoms with Crippen molar-refractivity contribution in [3.05, 3.63) is 0 Å². The molecule has 0 bridgehead atoms. The minimum absolute atomic E-state index is 0.192. The molecular weight excluding hydrogens is 426 g/mol. The molecule has 1 N–H and O–H groups in total. The van der Waals surface area contributed by atoms with Crippen molar-refractivity contribution in [2.75, 3.05) is 6.61 Å². The molecule has 192 valence electrons. The molecule has 1 amide bonds. The number of ether oxygens (including phenoxy) is 3. The summed E-state index contributed by atoms with van der Waals surface area (Å²) < 4.78 is 16.0. The number of esters is 3. The maximum Gasteiger partial charge on any atom is 0.303 e. The van der Waals surface area contributed by atoms with Crippen molar-refractivity contribution >= 4 is 23.8 Å². The van der Waals surface area contributed by atoms with Crippen LogP contribution in [-0.2, 0) is 33.4 Å². The van der Waals surface area contributed by atoms with Crippen molar-refractivity contribution in [3.8, 4) is 0 Å². The lowest BCUT2D eigenvalue weighted by atomic mass is 9.98. The molecule has 0 saturated carbocycles. The van der Waals surface area contributed by atoms with Gasteiger partial charge in [-0.25, -0.2) is 0 Å². The summed E-state index contributed by atoms with van der Waals surface area (Å²) in [7, 11) is 0. The van der Waals surface area contributed by atoms with Crippen LogP contribution in [0, 0.1) is 0 Å². The van der Waals surface area contributed by atoms with Crippen LogP contribution in [0.25, 0.3) is 0 Å². The summed E-state index contributed by atoms with van der Waals surface area (Å²) in [5.74, 6) is -1.98. The van der Waals surface area contributed by atoms with Gasteiger partial charge in [0.05, 0.1) is 0 Å². The second-order valence-corrected chi connectivity index (χ2v) is 8.66. The fourth-order valence-electron chi connectivity index (χ4n) is 3.81. The minimum Gasteiger partial charge on any atom is -0.464 e. The lowest BCUT2D eigenvalue weighted by molar-refractivity contribution is -0.171. The van der Waals surface area contributed by atoms with Gasteiger partial charge in [0.15, 0.2) is 6.10 Å². The first-order valence-corrected chi connectivity index (χ1v) is 12.4. The summed E-state index contributed by atoms with van der Waals surface area (Å²) in [6.45, 7) is 7.13. The summed E-state index contributed by atoms with van der Waals surface area (Å²) >= 11 is 0. The molecule has 0 heterocycles. The lowest BCUT2D eigenvalue weighted by Gasteiger charge is -2.32. The second-order valence-electron chi connectivity index (χ2n) is 8.66. The van der Waals surface area contributed by atoms with Crippen molar-refractivity contribution < 1.29 is 33.4 Å². The summed E-state index contributed by atoms with van der Waals surface area (Å²) in [5, 5.41) is 2.65. The van der Waals surface area contributed by atoms with Crippen LogP contribution in [0.3, 0.4) is 0 Å². The normalized spacial score (nSPS) is 13.5. The highest BCUT2D eigenvalue weighted by molar-refractivity contribution is 5.73. The third kappa shape index (κ3) is 18.0. The molecule has 0 aromatic heterocycles. The number of hydrogen-bond donors (Lipinski definition) is 1. The van der Waals surface area contributed by atoms with Crippen LogP contribution in [0.1, 0.15) is 112 Å². The van der Waals surface area contributed by atoms with E-state index >= 15 is 0 Å². The van der Waals surface area contributed by atoms with E-state index in [4.69, 9.17) is 14.2 Å². The van der Waals surface area contributed by atoms with E-state index in [0.29, 0.717) is 6.42 Å². The van der Waals surface area contributed by atoms with E-state index in [9.17, 15) is 19.2 Å². The van der Waals surface area contributed by atoms with E-state index in [0.717, 1.165) is 19.3 Å². The molecule has 8 heteroatoms. The Morgan fingerprint density at radius 3 is 1.58 bits per heavy atom. The van der Waals surface area contributed by atoms with Crippen LogP contribution >= 0.6 is 0 Å². The number of amides is 1. The monoisotopic (exact) mass is 471 g/mol. The molecule has 33 heavy (non-hydrogen) atoms. The van der Waals surface area contributed by atoms with Gasteiger partial charge in [0.1, 0.15) is 18.8 Å². The highest BCUT2D eigenvalue weighted by atomic mass is 16.6. The van der Waals surface area contributed by atoms with Gasteiger partial charge in [0.25, 0.3) is 0 Å². The largest absolute Gasteiger partial charge is 0.464 e. The molecule has 0 aliphatic heterocycles. The first-order valence-electron chi connectivity index (χ1n) is 12.4. The van der Waals surface area contributed by atoms with Gasteiger partial charge in [0, 0.05) is 27.7 Å². The van der Waals surface area contributed by atoms with Crippen molar-refractivity contribution in [1.82, 2.24) is 5.32 Å². The SMILES string of the molecule is CCCCCCCCCCCCC[C@H](OC(C)=O)[C@@H](OC(C)=O)[C@@H](COC(C)=O)NC(C)=O. The van der Waals surface area contributed by atoms with E-state index in [-0.39, 0.29) is 12.5 Å². The smallest absolute Gasteiger partial charge is 0.303 e. The topological polar surface area (TPSA) is 108 Å². The Hall–Kier alpha value is -2.12. The van der Waals surface area contributed by atoms with Crippen LogP contribution in [-0.4, -0.2) is 48.7 Å². The van der Waals surface area contributed by atoms with Crippen LogP contribution in [0.5, 0.6) is 0 Å². The van der Waals surface area contributed by atoms with E-state index in [2.05, 4.69) is 12.2 Å². The van der Waals surface area contributed by atoms with Gasteiger partial charge in [-0.05, 0) is 12.8 Å². The zero-order chi connectivity index (χ0) is 25.1. The highest BCUT2D eigenvalue weighted by Crippen LogP contribution is 2.19. The Balaban J connectivity index is 4.81. The third-order valence-electron chi connectivity index (χ3n) is 5.33. The summed E-state index contributed by atoms with van der Waals surface area (Å²) in [6, 6.07) is -0.827. The van der Waals surface area contributed by atoms with Gasteiger partial charge in [-0.1, -0.05) is 71.1 Å². The van der Waals surface area contributed by atoms with E-state index in [1.54, 1.807) is 0 Å². The molecule has 0 aliphatic carbocycles. The Kier molecular flexibility index (Phi) is 18.1. The third-order valence-corrected chi connectivity index (χ3v) is 5.33. The molecule has 0 aliphatic rings. The van der Waals surface area contributed by atoms with Crippen molar-refractivity contribution in [2.45, 2.75) is 130 Å². The Labute approximate surface area is 199 Å². The quantitative estimate of drug-likeness (QED) is 0.166. The first-order chi connectivity index (χ1) is 15.7. The number of carbonyl (C=O) groups excluding carboxylic acids is 4. The van der Waals surface area contributed by atoms with Gasteiger partial charge >= 0.3 is 17.9 Å². The lowest BCUT2D eigenvalue weighted by Crippen LogP contribution is -2.53. The predicted molar refractivity (Wildman–Crippen MR) is 126 cm³/mol. The molecule has 8 nitrogen and oxygen atoms in total. The number of carbonyl (C=O) groups is 4. The second kappa shape index (κ2) is 19.4. The zero-order valence-electron chi connectivity index (χ0n) is 21.3. The molecule has 0 unspecified atom stereocenters. The molecule has 0 fully saturated rings. The van der Waals surface area contributed by atoms with Gasteiger partial charge in [-0.3, -0.25) is 19.2 Å². The van der Waals surface area contributed by atoms with Crippen molar-refractivity contribution in [3.63, 3.8) is 0 Å². The van der Waals surface area contributed by atoms with Crippen LogP contribution in [0.2, 0.25) is 0 Å². The Morgan fingerprint density at radius 1 is 0.667 bits per heavy atom. The molecular formula is C25H45NO7. The summed E-state index contributed by atoms with van der Waals surface area (Å²) in [6.07, 6.45) is 11.8. The Morgan fingerprint density at radius 2 is 1.15 bits per heavy atom. The Bertz CT molecular complexity index is 579. The minimum atomic E-state index is -0.960. The molecule has 0 aromatic rings. The highest BCUT2D eigenvalue weighted by Gasteiger charge is 2.35. The molecule has 0 aromatic carbocycles. The van der Waals surface area contributed by atoms with Gasteiger partial charge in [-0.15, -0.1) is 0 Å². The molecule has 0 radical (unpaired) electrons. The molecule has 3 atom stereocenters. The average molecular weight is 472 g/mol. The van der Waals surface area contributed by atoms with Gasteiger partial charge in [0.2, 0.25) is 5.91 Å². The molecule has 0 rings (SSSR count). The predicted octanol–water partition coefficient (Wildman–Crippen LogP) is 4.62. The fraction of sp³-hybridized carbons (Fsp3) is 0.840. The maximum atomic E-state index is 11.7. The van der Waals surface area contributed by atoms with Crippen molar-refractivity contribution in [2.24, 2.45) is 0 Å².